The molecule has 4 nitrogen and oxygen atoms in total. The highest BCUT2D eigenvalue weighted by Crippen LogP contribution is 2.30. The minimum absolute atomic E-state index is 0. The molecular weight excluding hydrogens is 393 g/mol. The second kappa shape index (κ2) is 9.41. The normalized spacial score (nSPS) is 10.9. The van der Waals surface area contributed by atoms with E-state index in [-0.39, 0.29) is 24.1 Å². The molecular formula is C18H21ClFN3OS2. The zero-order chi connectivity index (χ0) is 17.8. The van der Waals surface area contributed by atoms with E-state index in [9.17, 15) is 9.18 Å². The highest BCUT2D eigenvalue weighted by atomic mass is 35.5. The summed E-state index contributed by atoms with van der Waals surface area (Å²) in [5.41, 5.74) is 0.725. The molecule has 0 aliphatic carbocycles. The number of aromatic nitrogens is 1. The zero-order valence-corrected chi connectivity index (χ0v) is 17.1. The van der Waals surface area contributed by atoms with Crippen molar-refractivity contribution in [3.05, 3.63) is 46.4 Å². The average molecular weight is 414 g/mol. The van der Waals surface area contributed by atoms with E-state index in [1.54, 1.807) is 22.3 Å². The van der Waals surface area contributed by atoms with Crippen molar-refractivity contribution in [3.8, 4) is 0 Å². The van der Waals surface area contributed by atoms with Crippen LogP contribution in [0.3, 0.4) is 0 Å². The van der Waals surface area contributed by atoms with Crippen LogP contribution < -0.4 is 4.90 Å². The number of rotatable bonds is 7. The molecule has 0 atom stereocenters. The van der Waals surface area contributed by atoms with Gasteiger partial charge in [0.1, 0.15) is 5.82 Å². The predicted molar refractivity (Wildman–Crippen MR) is 110 cm³/mol. The Bertz CT molecular complexity index is 851. The Morgan fingerprint density at radius 3 is 2.73 bits per heavy atom. The number of halogens is 2. The van der Waals surface area contributed by atoms with Crippen LogP contribution in [0.1, 0.15) is 11.3 Å². The summed E-state index contributed by atoms with van der Waals surface area (Å²) in [7, 11) is 4.02. The fourth-order valence-corrected chi connectivity index (χ4v) is 4.26. The number of carbonyl (C=O) groups is 1. The standard InChI is InChI=1S/C18H20FN3OS2.ClH/c1-21(2)8-4-9-22(17(23)12-14-5-3-10-24-14)18-20-15-7-6-13(19)11-16(15)25-18;/h3,5-7,10-11H,4,8-9,12H2,1-2H3;1H. The Morgan fingerprint density at radius 1 is 1.23 bits per heavy atom. The van der Waals surface area contributed by atoms with E-state index in [1.807, 2.05) is 31.6 Å². The lowest BCUT2D eigenvalue weighted by Crippen LogP contribution is -2.34. The molecule has 0 spiro atoms. The van der Waals surface area contributed by atoms with Crippen LogP contribution in [0.4, 0.5) is 9.52 Å². The topological polar surface area (TPSA) is 36.4 Å². The summed E-state index contributed by atoms with van der Waals surface area (Å²) in [5, 5.41) is 2.61. The summed E-state index contributed by atoms with van der Waals surface area (Å²) in [6, 6.07) is 8.44. The van der Waals surface area contributed by atoms with Gasteiger partial charge in [-0.25, -0.2) is 9.37 Å². The molecule has 1 aromatic carbocycles. The van der Waals surface area contributed by atoms with Crippen LogP contribution in [0, 0.1) is 5.82 Å². The Hall–Kier alpha value is -1.54. The lowest BCUT2D eigenvalue weighted by molar-refractivity contribution is -0.118. The van der Waals surface area contributed by atoms with Gasteiger partial charge in [-0.1, -0.05) is 17.4 Å². The molecule has 8 heteroatoms. The van der Waals surface area contributed by atoms with Gasteiger partial charge in [0.05, 0.1) is 16.6 Å². The molecule has 0 unspecified atom stereocenters. The number of hydrogen-bond acceptors (Lipinski definition) is 5. The fourth-order valence-electron chi connectivity index (χ4n) is 2.53. The van der Waals surface area contributed by atoms with Crippen molar-refractivity contribution in [3.63, 3.8) is 0 Å². The van der Waals surface area contributed by atoms with Crippen LogP contribution in [-0.2, 0) is 11.2 Å². The summed E-state index contributed by atoms with van der Waals surface area (Å²) in [6.07, 6.45) is 1.22. The molecule has 0 saturated carbocycles. The highest BCUT2D eigenvalue weighted by Gasteiger charge is 2.20. The third-order valence-electron chi connectivity index (χ3n) is 3.76. The predicted octanol–water partition coefficient (Wildman–Crippen LogP) is 4.45. The van der Waals surface area contributed by atoms with Gasteiger partial charge >= 0.3 is 0 Å². The largest absolute Gasteiger partial charge is 0.309 e. The molecule has 26 heavy (non-hydrogen) atoms. The summed E-state index contributed by atoms with van der Waals surface area (Å²) >= 11 is 2.94. The number of carbonyl (C=O) groups excluding carboxylic acids is 1. The van der Waals surface area contributed by atoms with Crippen LogP contribution in [-0.4, -0.2) is 43.0 Å². The molecule has 0 aliphatic rings. The van der Waals surface area contributed by atoms with Gasteiger partial charge in [-0.3, -0.25) is 9.69 Å². The average Bonchev–Trinajstić information content (AvgIpc) is 3.19. The van der Waals surface area contributed by atoms with Gasteiger partial charge in [0.15, 0.2) is 5.13 Å². The van der Waals surface area contributed by atoms with Crippen molar-refractivity contribution < 1.29 is 9.18 Å². The smallest absolute Gasteiger partial charge is 0.234 e. The number of amides is 1. The first-order valence-corrected chi connectivity index (χ1v) is 9.76. The molecule has 0 aliphatic heterocycles. The van der Waals surface area contributed by atoms with Crippen LogP contribution in [0.15, 0.2) is 35.7 Å². The van der Waals surface area contributed by atoms with Crippen molar-refractivity contribution >= 4 is 56.3 Å². The maximum absolute atomic E-state index is 13.4. The van der Waals surface area contributed by atoms with E-state index in [0.29, 0.717) is 18.1 Å². The summed E-state index contributed by atoms with van der Waals surface area (Å²) < 4.78 is 14.2. The van der Waals surface area contributed by atoms with E-state index in [1.165, 1.54) is 23.5 Å². The van der Waals surface area contributed by atoms with Crippen LogP contribution in [0.5, 0.6) is 0 Å². The molecule has 0 bridgehead atoms. The Labute approximate surface area is 166 Å². The fraction of sp³-hybridized carbons (Fsp3) is 0.333. The monoisotopic (exact) mass is 413 g/mol. The van der Waals surface area contributed by atoms with Crippen molar-refractivity contribution in [1.29, 1.82) is 0 Å². The number of fused-ring (bicyclic) bond motifs is 1. The van der Waals surface area contributed by atoms with Crippen molar-refractivity contribution in [2.75, 3.05) is 32.1 Å². The van der Waals surface area contributed by atoms with Crippen molar-refractivity contribution in [2.24, 2.45) is 0 Å². The number of thiazole rings is 1. The lowest BCUT2D eigenvalue weighted by Gasteiger charge is -2.20. The third kappa shape index (κ3) is 5.23. The Balaban J connectivity index is 0.00000243. The first-order valence-electron chi connectivity index (χ1n) is 8.06. The van der Waals surface area contributed by atoms with E-state index >= 15 is 0 Å². The minimum Gasteiger partial charge on any atom is -0.309 e. The molecule has 1 amide bonds. The number of thiophene rings is 1. The molecule has 0 N–H and O–H groups in total. The minimum atomic E-state index is -0.285. The second-order valence-corrected chi connectivity index (χ2v) is 8.11. The van der Waals surface area contributed by atoms with Gasteiger partial charge in [0.2, 0.25) is 5.91 Å². The second-order valence-electron chi connectivity index (χ2n) is 6.07. The summed E-state index contributed by atoms with van der Waals surface area (Å²) in [4.78, 5) is 22.3. The van der Waals surface area contributed by atoms with Gasteiger partial charge in [-0.15, -0.1) is 23.7 Å². The number of benzene rings is 1. The van der Waals surface area contributed by atoms with Gasteiger partial charge in [0.25, 0.3) is 0 Å². The molecule has 2 heterocycles. The molecule has 0 radical (unpaired) electrons. The van der Waals surface area contributed by atoms with Crippen LogP contribution in [0.25, 0.3) is 10.2 Å². The molecule has 3 rings (SSSR count). The van der Waals surface area contributed by atoms with E-state index in [2.05, 4.69) is 9.88 Å². The molecule has 3 aromatic rings. The SMILES string of the molecule is CN(C)CCCN(C(=O)Cc1cccs1)c1nc2ccc(F)cc2s1.Cl. The zero-order valence-electron chi connectivity index (χ0n) is 14.6. The summed E-state index contributed by atoms with van der Waals surface area (Å²) in [5.74, 6) is -0.257. The summed E-state index contributed by atoms with van der Waals surface area (Å²) in [6.45, 7) is 1.49. The lowest BCUT2D eigenvalue weighted by atomic mass is 10.3. The molecule has 2 aromatic heterocycles. The first kappa shape index (κ1) is 20.8. The third-order valence-corrected chi connectivity index (χ3v) is 5.68. The molecule has 0 saturated heterocycles. The van der Waals surface area contributed by atoms with E-state index in [0.717, 1.165) is 28.1 Å². The highest BCUT2D eigenvalue weighted by molar-refractivity contribution is 7.22. The number of anilines is 1. The molecule has 0 fully saturated rings. The Morgan fingerprint density at radius 2 is 2.04 bits per heavy atom. The number of hydrogen-bond donors (Lipinski definition) is 0. The quantitative estimate of drug-likeness (QED) is 0.574. The van der Waals surface area contributed by atoms with Crippen molar-refractivity contribution in [1.82, 2.24) is 9.88 Å². The van der Waals surface area contributed by atoms with Gasteiger partial charge in [-0.2, -0.15) is 0 Å². The molecule has 140 valence electrons. The van der Waals surface area contributed by atoms with Crippen LogP contribution >= 0.6 is 35.1 Å². The van der Waals surface area contributed by atoms with Gasteiger partial charge in [-0.05, 0) is 56.7 Å². The Kier molecular flexibility index (Phi) is 7.52. The maximum atomic E-state index is 13.4. The maximum Gasteiger partial charge on any atom is 0.234 e. The van der Waals surface area contributed by atoms with E-state index < -0.39 is 0 Å². The first-order chi connectivity index (χ1) is 12.0. The van der Waals surface area contributed by atoms with Gasteiger partial charge < -0.3 is 4.90 Å². The number of nitrogens with zero attached hydrogens (tertiary/aromatic N) is 3. The van der Waals surface area contributed by atoms with Gasteiger partial charge in [0, 0.05) is 11.4 Å². The van der Waals surface area contributed by atoms with Crippen LogP contribution in [0.2, 0.25) is 0 Å². The van der Waals surface area contributed by atoms with E-state index in [4.69, 9.17) is 0 Å². The van der Waals surface area contributed by atoms with Crippen molar-refractivity contribution in [2.45, 2.75) is 12.8 Å².